The SMILES string of the molecule is c1ccc([Si]2(c3ccccc3)c3ccccc3-c3ccc(-c4ccc5ccc6ccc(-c7ccc(-c8cccc9c8sc8ccccc89)cc7)nc6c5n4)cc32)cc1. The van der Waals surface area contributed by atoms with E-state index in [1.165, 1.54) is 63.2 Å². The van der Waals surface area contributed by atoms with E-state index < -0.39 is 8.07 Å². The maximum absolute atomic E-state index is 5.43. The summed E-state index contributed by atoms with van der Waals surface area (Å²) in [6.45, 7) is 0. The first kappa shape index (κ1) is 33.2. The summed E-state index contributed by atoms with van der Waals surface area (Å²) >= 11 is 1.87. The van der Waals surface area contributed by atoms with Crippen LogP contribution in [0.15, 0.2) is 206 Å². The summed E-state index contributed by atoms with van der Waals surface area (Å²) in [5, 5.41) is 10.4. The highest BCUT2D eigenvalue weighted by Crippen LogP contribution is 2.40. The molecule has 0 amide bonds. The molecule has 0 spiro atoms. The number of hydrogen-bond donors (Lipinski definition) is 0. The molecule has 0 unspecified atom stereocenters. The van der Waals surface area contributed by atoms with Crippen molar-refractivity contribution in [1.82, 2.24) is 9.97 Å². The van der Waals surface area contributed by atoms with Crippen molar-refractivity contribution < 1.29 is 0 Å². The van der Waals surface area contributed by atoms with Crippen LogP contribution in [0.2, 0.25) is 0 Å². The van der Waals surface area contributed by atoms with Crippen LogP contribution >= 0.6 is 11.3 Å². The van der Waals surface area contributed by atoms with Gasteiger partial charge in [-0.25, -0.2) is 9.97 Å². The van der Waals surface area contributed by atoms with Crippen molar-refractivity contribution in [2.24, 2.45) is 0 Å². The van der Waals surface area contributed by atoms with E-state index in [0.717, 1.165) is 44.3 Å². The first-order valence-corrected chi connectivity index (χ1v) is 22.6. The van der Waals surface area contributed by atoms with Gasteiger partial charge in [0, 0.05) is 42.1 Å². The van der Waals surface area contributed by atoms with Crippen LogP contribution in [-0.2, 0) is 0 Å². The second-order valence-corrected chi connectivity index (χ2v) is 20.0. The largest absolute Gasteiger partial charge is 0.245 e. The molecule has 1 aliphatic heterocycles. The molecule has 270 valence electrons. The Morgan fingerprint density at radius 2 is 0.897 bits per heavy atom. The van der Waals surface area contributed by atoms with Crippen LogP contribution in [-0.4, -0.2) is 18.0 Å². The molecule has 3 aromatic heterocycles. The van der Waals surface area contributed by atoms with Crippen molar-refractivity contribution in [3.05, 3.63) is 206 Å². The van der Waals surface area contributed by atoms with E-state index in [1.807, 2.05) is 11.3 Å². The van der Waals surface area contributed by atoms with Gasteiger partial charge in [0.15, 0.2) is 8.07 Å². The zero-order valence-corrected chi connectivity index (χ0v) is 33.2. The predicted octanol–water partition coefficient (Wildman–Crippen LogP) is 11.5. The van der Waals surface area contributed by atoms with Crippen LogP contribution in [0.25, 0.3) is 86.7 Å². The zero-order valence-electron chi connectivity index (χ0n) is 31.4. The molecular formula is C54H34N2SSi. The third kappa shape index (κ3) is 4.96. The smallest absolute Gasteiger partial charge is 0.180 e. The Labute approximate surface area is 341 Å². The van der Waals surface area contributed by atoms with Crippen molar-refractivity contribution in [1.29, 1.82) is 0 Å². The maximum atomic E-state index is 5.43. The van der Waals surface area contributed by atoms with Gasteiger partial charge in [-0.2, -0.15) is 0 Å². The van der Waals surface area contributed by atoms with Crippen LogP contribution in [0, 0.1) is 0 Å². The van der Waals surface area contributed by atoms with E-state index in [-0.39, 0.29) is 0 Å². The van der Waals surface area contributed by atoms with Gasteiger partial charge in [-0.15, -0.1) is 11.3 Å². The molecule has 0 saturated carbocycles. The third-order valence-electron chi connectivity index (χ3n) is 12.2. The summed E-state index contributed by atoms with van der Waals surface area (Å²) in [5.41, 5.74) is 11.1. The maximum Gasteiger partial charge on any atom is 0.180 e. The Hall–Kier alpha value is -6.98. The van der Waals surface area contributed by atoms with Crippen LogP contribution in [0.3, 0.4) is 0 Å². The topological polar surface area (TPSA) is 25.8 Å². The first-order chi connectivity index (χ1) is 28.7. The molecule has 0 atom stereocenters. The lowest BCUT2D eigenvalue weighted by atomic mass is 10.00. The summed E-state index contributed by atoms with van der Waals surface area (Å²) in [6, 6.07) is 75.7. The van der Waals surface area contributed by atoms with Crippen molar-refractivity contribution in [3.8, 4) is 44.8 Å². The average Bonchev–Trinajstić information content (AvgIpc) is 3.83. The normalized spacial score (nSPS) is 13.0. The van der Waals surface area contributed by atoms with Gasteiger partial charge >= 0.3 is 0 Å². The van der Waals surface area contributed by atoms with Gasteiger partial charge in [0.25, 0.3) is 0 Å². The molecule has 4 heterocycles. The summed E-state index contributed by atoms with van der Waals surface area (Å²) in [7, 11) is -2.62. The van der Waals surface area contributed by atoms with Crippen LogP contribution in [0.1, 0.15) is 0 Å². The van der Waals surface area contributed by atoms with Crippen molar-refractivity contribution in [2.75, 3.05) is 0 Å². The fourth-order valence-electron chi connectivity index (χ4n) is 9.49. The minimum atomic E-state index is -2.62. The van der Waals surface area contributed by atoms with Crippen molar-refractivity contribution in [3.63, 3.8) is 0 Å². The number of hydrogen-bond acceptors (Lipinski definition) is 3. The summed E-state index contributed by atoms with van der Waals surface area (Å²) in [5.74, 6) is 0. The summed E-state index contributed by atoms with van der Waals surface area (Å²) < 4.78 is 2.65. The van der Waals surface area contributed by atoms with Crippen LogP contribution in [0.5, 0.6) is 0 Å². The molecule has 11 aromatic rings. The van der Waals surface area contributed by atoms with Gasteiger partial charge in [-0.3, -0.25) is 0 Å². The highest BCUT2D eigenvalue weighted by atomic mass is 32.1. The number of benzene rings is 8. The molecule has 2 nitrogen and oxygen atoms in total. The van der Waals surface area contributed by atoms with Gasteiger partial charge in [0.2, 0.25) is 0 Å². The molecule has 4 heteroatoms. The molecule has 0 aliphatic carbocycles. The second kappa shape index (κ2) is 13.0. The highest BCUT2D eigenvalue weighted by Gasteiger charge is 2.48. The van der Waals surface area contributed by atoms with Gasteiger partial charge in [-0.1, -0.05) is 188 Å². The number of thiophene rings is 1. The molecule has 0 radical (unpaired) electrons. The van der Waals surface area contributed by atoms with E-state index in [1.54, 1.807) is 0 Å². The van der Waals surface area contributed by atoms with Crippen LogP contribution in [0.4, 0.5) is 0 Å². The lowest BCUT2D eigenvalue weighted by Gasteiger charge is -2.31. The summed E-state index contributed by atoms with van der Waals surface area (Å²) in [6.07, 6.45) is 0. The van der Waals surface area contributed by atoms with Gasteiger partial charge in [-0.05, 0) is 61.2 Å². The molecule has 0 N–H and O–H groups in total. The van der Waals surface area contributed by atoms with Gasteiger partial charge in [0.1, 0.15) is 0 Å². The van der Waals surface area contributed by atoms with Crippen LogP contribution < -0.4 is 20.7 Å². The Morgan fingerprint density at radius 3 is 1.62 bits per heavy atom. The first-order valence-electron chi connectivity index (χ1n) is 19.8. The second-order valence-electron chi connectivity index (χ2n) is 15.2. The standard InChI is InChI=1S/C54H34N2SSi/c1-3-12-40(13-4-1)58(41-14-5-2-6-15-41)50-21-10-8-17-44(50)45-31-28-39(34-51(45)58)48-33-30-38-27-26-37-29-32-47(55-52(37)53(38)56-48)36-24-22-35(23-25-36)42-18-11-19-46-43-16-7-9-20-49(43)57-54(42)46/h1-34H. The molecule has 58 heavy (non-hydrogen) atoms. The number of aromatic nitrogens is 2. The van der Waals surface area contributed by atoms with Crippen molar-refractivity contribution in [2.45, 2.75) is 0 Å². The molecule has 1 aliphatic rings. The quantitative estimate of drug-likeness (QED) is 0.129. The Bertz CT molecular complexity index is 3350. The minimum absolute atomic E-state index is 0.918. The average molecular weight is 771 g/mol. The Balaban J connectivity index is 0.972. The molecule has 12 rings (SSSR count). The molecular weight excluding hydrogens is 737 g/mol. The number of pyridine rings is 2. The summed E-state index contributed by atoms with van der Waals surface area (Å²) in [4.78, 5) is 10.8. The fraction of sp³-hybridized carbons (Fsp3) is 0. The Morgan fingerprint density at radius 1 is 0.362 bits per heavy atom. The van der Waals surface area contributed by atoms with Gasteiger partial charge in [0.05, 0.1) is 22.4 Å². The van der Waals surface area contributed by atoms with E-state index in [9.17, 15) is 0 Å². The van der Waals surface area contributed by atoms with E-state index in [2.05, 4.69) is 206 Å². The molecule has 8 aromatic carbocycles. The molecule has 0 saturated heterocycles. The zero-order chi connectivity index (χ0) is 38.2. The number of nitrogens with zero attached hydrogens (tertiary/aromatic N) is 2. The monoisotopic (exact) mass is 770 g/mol. The lowest BCUT2D eigenvalue weighted by Crippen LogP contribution is -2.72. The van der Waals surface area contributed by atoms with E-state index >= 15 is 0 Å². The number of fused-ring (bicyclic) bond motifs is 9. The molecule has 0 fully saturated rings. The van der Waals surface area contributed by atoms with E-state index in [4.69, 9.17) is 9.97 Å². The number of rotatable bonds is 5. The molecule has 0 bridgehead atoms. The fourth-order valence-corrected chi connectivity index (χ4v) is 15.9. The lowest BCUT2D eigenvalue weighted by molar-refractivity contribution is 1.37. The third-order valence-corrected chi connectivity index (χ3v) is 18.3. The van der Waals surface area contributed by atoms with Gasteiger partial charge < -0.3 is 0 Å². The highest BCUT2D eigenvalue weighted by molar-refractivity contribution is 7.26. The van der Waals surface area contributed by atoms with E-state index in [0.29, 0.717) is 0 Å². The minimum Gasteiger partial charge on any atom is -0.245 e. The van der Waals surface area contributed by atoms with Crippen molar-refractivity contribution >= 4 is 82.1 Å². The Kier molecular flexibility index (Phi) is 7.46. The predicted molar refractivity (Wildman–Crippen MR) is 249 cm³/mol.